The maximum atomic E-state index is 12.1. The summed E-state index contributed by atoms with van der Waals surface area (Å²) >= 11 is 0. The van der Waals surface area contributed by atoms with Crippen LogP contribution in [0.25, 0.3) is 0 Å². The number of rotatable bonds is 5. The Hall–Kier alpha value is -1.27. The molecule has 0 radical (unpaired) electrons. The summed E-state index contributed by atoms with van der Waals surface area (Å²) in [6.45, 7) is 1.40. The van der Waals surface area contributed by atoms with Gasteiger partial charge in [-0.3, -0.25) is 0 Å². The van der Waals surface area contributed by atoms with Gasteiger partial charge in [0.1, 0.15) is 12.4 Å². The molecule has 19 heavy (non-hydrogen) atoms. The Balaban J connectivity index is 1.86. The quantitative estimate of drug-likeness (QED) is 0.831. The van der Waals surface area contributed by atoms with Crippen LogP contribution in [0.15, 0.2) is 24.3 Å². The minimum Gasteiger partial charge on any atom is -0.490 e. The van der Waals surface area contributed by atoms with Crippen molar-refractivity contribution in [3.8, 4) is 5.75 Å². The molecular weight excluding hydrogens is 264 g/mol. The average molecular weight is 284 g/mol. The van der Waals surface area contributed by atoms with Crippen molar-refractivity contribution in [1.29, 1.82) is 0 Å². The van der Waals surface area contributed by atoms with Crippen LogP contribution in [0.5, 0.6) is 5.75 Å². The van der Waals surface area contributed by atoms with Crippen LogP contribution in [0, 0.1) is 0 Å². The number of para-hydroxylation sites is 2. The highest BCUT2D eigenvalue weighted by Gasteiger charge is 2.23. The van der Waals surface area contributed by atoms with Gasteiger partial charge in [0, 0.05) is 13.1 Å². The summed E-state index contributed by atoms with van der Waals surface area (Å²) in [4.78, 5) is 0. The second-order valence-corrected chi connectivity index (χ2v) is 6.75. The number of anilines is 1. The molecule has 0 bridgehead atoms. The first-order chi connectivity index (χ1) is 9.09. The molecule has 2 N–H and O–H groups in total. The Labute approximate surface area is 114 Å². The monoisotopic (exact) mass is 284 g/mol. The number of ether oxygens (including phenoxy) is 1. The topological polar surface area (TPSA) is 72.6 Å². The average Bonchev–Trinajstić information content (AvgIpc) is 2.42. The van der Waals surface area contributed by atoms with E-state index in [0.717, 1.165) is 19.3 Å². The predicted molar refractivity (Wildman–Crippen MR) is 75.6 cm³/mol. The molecule has 106 valence electrons. The second-order valence-electron chi connectivity index (χ2n) is 4.66. The van der Waals surface area contributed by atoms with E-state index in [-0.39, 0.29) is 12.4 Å². The van der Waals surface area contributed by atoms with Crippen LogP contribution < -0.4 is 10.5 Å². The molecule has 1 heterocycles. The van der Waals surface area contributed by atoms with E-state index in [1.807, 2.05) is 12.1 Å². The molecule has 1 aromatic carbocycles. The molecule has 0 aliphatic carbocycles. The minimum absolute atomic E-state index is 0.00132. The lowest BCUT2D eigenvalue weighted by Crippen LogP contribution is -2.38. The zero-order valence-electron chi connectivity index (χ0n) is 10.9. The Bertz CT molecular complexity index is 510. The van der Waals surface area contributed by atoms with E-state index in [2.05, 4.69) is 0 Å². The van der Waals surface area contributed by atoms with Gasteiger partial charge in [-0.15, -0.1) is 0 Å². The molecule has 1 fully saturated rings. The fraction of sp³-hybridized carbons (Fsp3) is 0.538. The van der Waals surface area contributed by atoms with Crippen molar-refractivity contribution in [1.82, 2.24) is 4.31 Å². The van der Waals surface area contributed by atoms with Gasteiger partial charge in [0.2, 0.25) is 10.0 Å². The standard InChI is InChI=1S/C13H20N2O3S/c14-12-6-2-3-7-13(12)18-10-11-19(16,17)15-8-4-1-5-9-15/h2-3,6-7H,1,4-5,8-11,14H2. The highest BCUT2D eigenvalue weighted by molar-refractivity contribution is 7.89. The fourth-order valence-electron chi connectivity index (χ4n) is 2.14. The summed E-state index contributed by atoms with van der Waals surface area (Å²) in [7, 11) is -3.20. The van der Waals surface area contributed by atoms with Crippen LogP contribution in [0.3, 0.4) is 0 Å². The molecule has 0 atom stereocenters. The van der Waals surface area contributed by atoms with Gasteiger partial charge in [-0.2, -0.15) is 0 Å². The van der Waals surface area contributed by atoms with Crippen molar-refractivity contribution in [3.63, 3.8) is 0 Å². The number of nitrogens with zero attached hydrogens (tertiary/aromatic N) is 1. The van der Waals surface area contributed by atoms with Crippen molar-refractivity contribution in [2.45, 2.75) is 19.3 Å². The van der Waals surface area contributed by atoms with E-state index in [1.54, 1.807) is 16.4 Å². The molecule has 1 aliphatic heterocycles. The summed E-state index contributed by atoms with van der Waals surface area (Å²) in [5.41, 5.74) is 6.25. The third-order valence-electron chi connectivity index (χ3n) is 3.23. The van der Waals surface area contributed by atoms with E-state index in [1.165, 1.54) is 0 Å². The molecule has 0 saturated carbocycles. The number of hydrogen-bond donors (Lipinski definition) is 1. The highest BCUT2D eigenvalue weighted by Crippen LogP contribution is 2.20. The van der Waals surface area contributed by atoms with Gasteiger partial charge in [-0.1, -0.05) is 18.6 Å². The van der Waals surface area contributed by atoms with Crippen molar-refractivity contribution >= 4 is 15.7 Å². The third kappa shape index (κ3) is 3.84. The van der Waals surface area contributed by atoms with E-state index in [0.29, 0.717) is 24.5 Å². The zero-order chi connectivity index (χ0) is 13.7. The van der Waals surface area contributed by atoms with Crippen LogP contribution in [-0.2, 0) is 10.0 Å². The summed E-state index contributed by atoms with van der Waals surface area (Å²) in [6, 6.07) is 7.09. The van der Waals surface area contributed by atoms with Crippen molar-refractivity contribution in [3.05, 3.63) is 24.3 Å². The maximum Gasteiger partial charge on any atom is 0.217 e. The van der Waals surface area contributed by atoms with E-state index in [4.69, 9.17) is 10.5 Å². The molecule has 0 unspecified atom stereocenters. The summed E-state index contributed by atoms with van der Waals surface area (Å²) in [6.07, 6.45) is 3.01. The van der Waals surface area contributed by atoms with Crippen LogP contribution in [0.1, 0.15) is 19.3 Å². The lowest BCUT2D eigenvalue weighted by Gasteiger charge is -2.25. The molecule has 0 amide bonds. The number of nitrogen functional groups attached to an aromatic ring is 1. The SMILES string of the molecule is Nc1ccccc1OCCS(=O)(=O)N1CCCCC1. The summed E-state index contributed by atoms with van der Waals surface area (Å²) < 4.78 is 31.1. The smallest absolute Gasteiger partial charge is 0.217 e. The second kappa shape index (κ2) is 6.25. The van der Waals surface area contributed by atoms with Crippen LogP contribution in [0.4, 0.5) is 5.69 Å². The molecule has 0 aromatic heterocycles. The van der Waals surface area contributed by atoms with Gasteiger partial charge in [-0.05, 0) is 25.0 Å². The highest BCUT2D eigenvalue weighted by atomic mass is 32.2. The molecule has 1 aromatic rings. The summed E-state index contributed by atoms with van der Waals surface area (Å²) in [5.74, 6) is 0.540. The Morgan fingerprint density at radius 3 is 2.53 bits per heavy atom. The normalized spacial score (nSPS) is 17.3. The first kappa shape index (κ1) is 14.1. The largest absolute Gasteiger partial charge is 0.490 e. The van der Waals surface area contributed by atoms with Crippen LogP contribution in [0.2, 0.25) is 0 Å². The van der Waals surface area contributed by atoms with Crippen LogP contribution in [-0.4, -0.2) is 38.2 Å². The lowest BCUT2D eigenvalue weighted by molar-refractivity contribution is 0.322. The van der Waals surface area contributed by atoms with Gasteiger partial charge in [0.15, 0.2) is 0 Å². The van der Waals surface area contributed by atoms with Gasteiger partial charge in [-0.25, -0.2) is 12.7 Å². The number of sulfonamides is 1. The molecule has 1 saturated heterocycles. The lowest BCUT2D eigenvalue weighted by atomic mass is 10.2. The number of hydrogen-bond acceptors (Lipinski definition) is 4. The Morgan fingerprint density at radius 1 is 1.16 bits per heavy atom. The zero-order valence-corrected chi connectivity index (χ0v) is 11.7. The Morgan fingerprint density at radius 2 is 1.84 bits per heavy atom. The number of nitrogens with two attached hydrogens (primary N) is 1. The third-order valence-corrected chi connectivity index (χ3v) is 5.06. The number of piperidine rings is 1. The van der Waals surface area contributed by atoms with Gasteiger partial charge in [0.25, 0.3) is 0 Å². The molecule has 1 aliphatic rings. The fourth-order valence-corrected chi connectivity index (χ4v) is 3.51. The van der Waals surface area contributed by atoms with Gasteiger partial charge in [0.05, 0.1) is 11.4 Å². The first-order valence-electron chi connectivity index (χ1n) is 6.55. The summed E-state index contributed by atoms with van der Waals surface area (Å²) in [5, 5.41) is 0. The van der Waals surface area contributed by atoms with E-state index in [9.17, 15) is 8.42 Å². The first-order valence-corrected chi connectivity index (χ1v) is 8.16. The van der Waals surface area contributed by atoms with Crippen molar-refractivity contribution < 1.29 is 13.2 Å². The molecule has 0 spiro atoms. The maximum absolute atomic E-state index is 12.1. The predicted octanol–water partition coefficient (Wildman–Crippen LogP) is 1.46. The molecular formula is C13H20N2O3S. The van der Waals surface area contributed by atoms with Gasteiger partial charge >= 0.3 is 0 Å². The van der Waals surface area contributed by atoms with Crippen molar-refractivity contribution in [2.24, 2.45) is 0 Å². The van der Waals surface area contributed by atoms with Crippen molar-refractivity contribution in [2.75, 3.05) is 31.2 Å². The van der Waals surface area contributed by atoms with E-state index < -0.39 is 10.0 Å². The molecule has 5 nitrogen and oxygen atoms in total. The van der Waals surface area contributed by atoms with Crippen LogP contribution >= 0.6 is 0 Å². The molecule has 6 heteroatoms. The molecule has 2 rings (SSSR count). The minimum atomic E-state index is -3.20. The van der Waals surface area contributed by atoms with Gasteiger partial charge < -0.3 is 10.5 Å². The number of benzene rings is 1. The Kier molecular flexibility index (Phi) is 4.66. The van der Waals surface area contributed by atoms with E-state index >= 15 is 0 Å².